The second kappa shape index (κ2) is 10.3. The van der Waals surface area contributed by atoms with E-state index in [1.54, 1.807) is 0 Å². The first kappa shape index (κ1) is 18.6. The molecule has 0 amide bonds. The third-order valence-corrected chi connectivity index (χ3v) is 3.86. The molecule has 0 bridgehead atoms. The Kier molecular flexibility index (Phi) is 8.39. The number of rotatable bonds is 5. The molecule has 0 atom stereocenters. The van der Waals surface area contributed by atoms with Crippen LogP contribution in [0, 0.1) is 0 Å². The molecule has 2 rings (SSSR count). The van der Waals surface area contributed by atoms with E-state index in [9.17, 15) is 13.2 Å². The topological polar surface area (TPSA) is 71.4 Å². The highest BCUT2D eigenvalue weighted by Gasteiger charge is 2.09. The molecule has 0 aromatic heterocycles. The highest BCUT2D eigenvalue weighted by Crippen LogP contribution is 2.17. The summed E-state index contributed by atoms with van der Waals surface area (Å²) >= 11 is 0. The first-order valence-corrected chi connectivity index (χ1v) is 8.42. The summed E-state index contributed by atoms with van der Waals surface area (Å²) in [7, 11) is -2.57. The van der Waals surface area contributed by atoms with E-state index in [2.05, 4.69) is 48.5 Å². The Morgan fingerprint density at radius 1 is 0.913 bits per heavy atom. The lowest BCUT2D eigenvalue weighted by atomic mass is 10.1. The molecule has 2 aromatic rings. The molecule has 0 spiro atoms. The van der Waals surface area contributed by atoms with Crippen molar-refractivity contribution in [2.75, 3.05) is 0 Å². The summed E-state index contributed by atoms with van der Waals surface area (Å²) in [5, 5.41) is 8.34. The maximum absolute atomic E-state index is 10.2. The van der Waals surface area contributed by atoms with Gasteiger partial charge in [-0.15, -0.1) is 0 Å². The number of hydrogen-bond donors (Lipinski definition) is 1. The largest absolute Gasteiger partial charge is 0.477 e. The molecule has 0 heterocycles. The molecule has 2 aromatic carbocycles. The van der Waals surface area contributed by atoms with Gasteiger partial charge in [-0.2, -0.15) is 8.42 Å². The van der Waals surface area contributed by atoms with Crippen LogP contribution in [-0.4, -0.2) is 24.4 Å². The maximum atomic E-state index is 10.2. The second-order valence-electron chi connectivity index (χ2n) is 4.80. The summed E-state index contributed by atoms with van der Waals surface area (Å²) in [5.41, 5.74) is 2.55. The van der Waals surface area contributed by atoms with Crippen LogP contribution in [0.25, 0.3) is 11.1 Å². The van der Waals surface area contributed by atoms with Gasteiger partial charge in [-0.1, -0.05) is 74.0 Å². The lowest BCUT2D eigenvalue weighted by molar-refractivity contribution is -0.129. The van der Waals surface area contributed by atoms with Crippen LogP contribution in [0.1, 0.15) is 26.2 Å². The van der Waals surface area contributed by atoms with Crippen LogP contribution in [0.4, 0.5) is 0 Å². The van der Waals surface area contributed by atoms with Gasteiger partial charge in [0.1, 0.15) is 0 Å². The Balaban J connectivity index is 0.000000232. The van der Waals surface area contributed by atoms with Gasteiger partial charge in [0.25, 0.3) is 0 Å². The fourth-order valence-electron chi connectivity index (χ4n) is 1.86. The molecule has 0 aliphatic heterocycles. The average molecular weight is 332 g/mol. The van der Waals surface area contributed by atoms with Gasteiger partial charge in [-0.3, -0.25) is 0 Å². The van der Waals surface area contributed by atoms with Crippen molar-refractivity contribution in [1.82, 2.24) is 0 Å². The van der Waals surface area contributed by atoms with E-state index >= 15 is 0 Å². The summed E-state index contributed by atoms with van der Waals surface area (Å²) < 4.78 is 20.5. The number of unbranched alkanes of at least 4 members (excludes halogenated alkanes) is 1. The molecule has 0 fully saturated rings. The van der Waals surface area contributed by atoms with Crippen molar-refractivity contribution in [2.45, 2.75) is 26.2 Å². The summed E-state index contributed by atoms with van der Waals surface area (Å²) in [4.78, 5) is 9.79. The number of carboxylic acid groups (broad SMARTS) is 1. The minimum atomic E-state index is -2.57. The summed E-state index contributed by atoms with van der Waals surface area (Å²) in [6.07, 6.45) is 1.51. The van der Waals surface area contributed by atoms with Gasteiger partial charge in [0.15, 0.2) is 4.86 Å². The van der Waals surface area contributed by atoms with Gasteiger partial charge < -0.3 is 5.11 Å². The fraction of sp³-hybridized carbons (Fsp3) is 0.222. The fourth-order valence-corrected chi connectivity index (χ4v) is 2.31. The third kappa shape index (κ3) is 6.93. The van der Waals surface area contributed by atoms with Crippen molar-refractivity contribution < 1.29 is 18.3 Å². The summed E-state index contributed by atoms with van der Waals surface area (Å²) in [6, 6.07) is 20.8. The zero-order valence-electron chi connectivity index (χ0n) is 13.0. The maximum Gasteiger partial charge on any atom is 0.347 e. The monoisotopic (exact) mass is 332 g/mol. The molecular weight excluding hydrogens is 312 g/mol. The van der Waals surface area contributed by atoms with Crippen LogP contribution in [0.3, 0.4) is 0 Å². The van der Waals surface area contributed by atoms with Gasteiger partial charge in [-0.25, -0.2) is 4.79 Å². The Bertz CT molecular complexity index is 690. The number of carbonyl (C=O) groups is 1. The number of benzene rings is 2. The third-order valence-electron chi connectivity index (χ3n) is 3.08. The van der Waals surface area contributed by atoms with Crippen molar-refractivity contribution in [2.24, 2.45) is 0 Å². The summed E-state index contributed by atoms with van der Waals surface area (Å²) in [6.45, 7) is 1.87. The van der Waals surface area contributed by atoms with Gasteiger partial charge in [0.2, 0.25) is 10.3 Å². The van der Waals surface area contributed by atoms with E-state index in [1.807, 2.05) is 19.1 Å². The molecule has 23 heavy (non-hydrogen) atoms. The van der Waals surface area contributed by atoms with E-state index in [0.29, 0.717) is 6.42 Å². The van der Waals surface area contributed by atoms with Crippen molar-refractivity contribution in [3.63, 3.8) is 0 Å². The number of aliphatic carboxylic acids is 1. The molecule has 0 radical (unpaired) electrons. The lowest BCUT2D eigenvalue weighted by Gasteiger charge is -1.98. The van der Waals surface area contributed by atoms with Crippen molar-refractivity contribution in [1.29, 1.82) is 0 Å². The van der Waals surface area contributed by atoms with Crippen molar-refractivity contribution >= 4 is 21.1 Å². The quantitative estimate of drug-likeness (QED) is 0.848. The van der Waals surface area contributed by atoms with Gasteiger partial charge >= 0.3 is 5.97 Å². The van der Waals surface area contributed by atoms with Gasteiger partial charge in [0, 0.05) is 0 Å². The van der Waals surface area contributed by atoms with Gasteiger partial charge in [0.05, 0.1) is 0 Å². The van der Waals surface area contributed by atoms with Crippen LogP contribution in [0.5, 0.6) is 0 Å². The molecule has 0 aliphatic rings. The normalized spacial score (nSPS) is 9.43. The van der Waals surface area contributed by atoms with Crippen LogP contribution >= 0.6 is 0 Å². The smallest absolute Gasteiger partial charge is 0.347 e. The van der Waals surface area contributed by atoms with Crippen LogP contribution in [-0.2, 0) is 15.1 Å². The van der Waals surface area contributed by atoms with E-state index in [-0.39, 0.29) is 6.42 Å². The number of carboxylic acids is 1. The molecule has 0 aliphatic carbocycles. The molecule has 1 N–H and O–H groups in total. The van der Waals surface area contributed by atoms with Gasteiger partial charge in [-0.05, 0) is 24.0 Å². The van der Waals surface area contributed by atoms with E-state index in [1.165, 1.54) is 11.1 Å². The molecule has 5 heteroatoms. The van der Waals surface area contributed by atoms with Crippen molar-refractivity contribution in [3.8, 4) is 11.1 Å². The minimum Gasteiger partial charge on any atom is -0.477 e. The Morgan fingerprint density at radius 3 is 1.65 bits per heavy atom. The van der Waals surface area contributed by atoms with Crippen LogP contribution in [0.2, 0.25) is 0 Å². The molecule has 4 nitrogen and oxygen atoms in total. The zero-order valence-corrected chi connectivity index (χ0v) is 13.8. The zero-order chi connectivity index (χ0) is 17.1. The second-order valence-corrected chi connectivity index (χ2v) is 5.76. The molecule has 122 valence electrons. The molecular formula is C18H20O4S. The summed E-state index contributed by atoms with van der Waals surface area (Å²) in [5.74, 6) is -1.34. The molecule has 0 saturated heterocycles. The SMILES string of the molecule is CCCCC(C(=O)O)=S(=O)=O.c1ccc(-c2ccccc2)cc1. The van der Waals surface area contributed by atoms with E-state index in [4.69, 9.17) is 5.11 Å². The Hall–Kier alpha value is -2.40. The Morgan fingerprint density at radius 2 is 1.35 bits per heavy atom. The van der Waals surface area contributed by atoms with E-state index < -0.39 is 21.1 Å². The number of hydrogen-bond acceptors (Lipinski definition) is 3. The van der Waals surface area contributed by atoms with Crippen LogP contribution < -0.4 is 0 Å². The molecule has 0 saturated carbocycles. The highest BCUT2D eigenvalue weighted by molar-refractivity contribution is 7.74. The standard InChI is InChI=1S/C12H10.C6H10O4S/c1-3-7-11(8-4-1)12-9-5-2-6-10-12;1-2-3-4-5(6(7)8)11(9)10/h1-10H;2-4H2,1H3,(H,7,8). The average Bonchev–Trinajstić information content (AvgIpc) is 2.57. The first-order valence-electron chi connectivity index (χ1n) is 7.35. The highest BCUT2D eigenvalue weighted by atomic mass is 32.2. The molecule has 0 unspecified atom stereocenters. The minimum absolute atomic E-state index is 0.127. The predicted molar refractivity (Wildman–Crippen MR) is 93.0 cm³/mol. The lowest BCUT2D eigenvalue weighted by Crippen LogP contribution is -2.13. The Labute approximate surface area is 138 Å². The van der Waals surface area contributed by atoms with E-state index in [0.717, 1.165) is 6.42 Å². The van der Waals surface area contributed by atoms with Crippen molar-refractivity contribution in [3.05, 3.63) is 60.7 Å². The first-order chi connectivity index (χ1) is 11.1. The van der Waals surface area contributed by atoms with Crippen LogP contribution in [0.15, 0.2) is 60.7 Å². The predicted octanol–water partition coefficient (Wildman–Crippen LogP) is 3.67.